The summed E-state index contributed by atoms with van der Waals surface area (Å²) in [5.74, 6) is -0.00287. The quantitative estimate of drug-likeness (QED) is 0.663. The highest BCUT2D eigenvalue weighted by molar-refractivity contribution is 5.78. The molecule has 1 fully saturated rings. The Hall–Kier alpha value is -1.04. The van der Waals surface area contributed by atoms with Gasteiger partial charge >= 0.3 is 0 Å². The topological polar surface area (TPSA) is 44.1 Å². The van der Waals surface area contributed by atoms with Gasteiger partial charge in [-0.25, -0.2) is 0 Å². The SMILES string of the molecule is CCN(C(=O)CC#N)C1CCCC1. The highest BCUT2D eigenvalue weighted by Crippen LogP contribution is 2.23. The predicted molar refractivity (Wildman–Crippen MR) is 49.9 cm³/mol. The van der Waals surface area contributed by atoms with Gasteiger partial charge in [0.05, 0.1) is 6.07 Å². The summed E-state index contributed by atoms with van der Waals surface area (Å²) < 4.78 is 0. The Kier molecular flexibility index (Phi) is 3.75. The van der Waals surface area contributed by atoms with Crippen molar-refractivity contribution in [2.75, 3.05) is 6.54 Å². The van der Waals surface area contributed by atoms with E-state index in [-0.39, 0.29) is 12.3 Å². The van der Waals surface area contributed by atoms with Crippen LogP contribution in [0.1, 0.15) is 39.0 Å². The number of nitrogens with zero attached hydrogens (tertiary/aromatic N) is 2. The van der Waals surface area contributed by atoms with E-state index in [2.05, 4.69) is 0 Å². The van der Waals surface area contributed by atoms with Crippen LogP contribution in [0.15, 0.2) is 0 Å². The Bertz CT molecular complexity index is 213. The molecular formula is C10H16N2O. The third kappa shape index (κ3) is 2.45. The Balaban J connectivity index is 2.50. The molecule has 0 aromatic heterocycles. The van der Waals surface area contributed by atoms with Gasteiger partial charge < -0.3 is 4.90 Å². The Morgan fingerprint density at radius 2 is 2.15 bits per heavy atom. The number of hydrogen-bond donors (Lipinski definition) is 0. The molecule has 1 aliphatic carbocycles. The van der Waals surface area contributed by atoms with Gasteiger partial charge in [-0.05, 0) is 19.8 Å². The molecule has 13 heavy (non-hydrogen) atoms. The lowest BCUT2D eigenvalue weighted by atomic mass is 10.2. The molecule has 0 N–H and O–H groups in total. The van der Waals surface area contributed by atoms with E-state index in [0.717, 1.165) is 19.4 Å². The normalized spacial score (nSPS) is 16.9. The van der Waals surface area contributed by atoms with Crippen LogP contribution < -0.4 is 0 Å². The molecule has 1 saturated carbocycles. The van der Waals surface area contributed by atoms with Gasteiger partial charge in [0.25, 0.3) is 0 Å². The molecule has 0 aromatic rings. The molecular weight excluding hydrogens is 164 g/mol. The predicted octanol–water partition coefficient (Wildman–Crippen LogP) is 1.69. The maximum Gasteiger partial charge on any atom is 0.237 e. The number of hydrogen-bond acceptors (Lipinski definition) is 2. The lowest BCUT2D eigenvalue weighted by molar-refractivity contribution is -0.132. The smallest absolute Gasteiger partial charge is 0.237 e. The molecule has 0 radical (unpaired) electrons. The summed E-state index contributed by atoms with van der Waals surface area (Å²) in [6.07, 6.45) is 4.71. The maximum atomic E-state index is 11.5. The standard InChI is InChI=1S/C10H16N2O/c1-2-12(10(13)7-8-11)9-5-3-4-6-9/h9H,2-7H2,1H3. The van der Waals surface area contributed by atoms with Crippen molar-refractivity contribution in [3.63, 3.8) is 0 Å². The van der Waals surface area contributed by atoms with Crippen molar-refractivity contribution in [1.82, 2.24) is 4.90 Å². The average molecular weight is 180 g/mol. The van der Waals surface area contributed by atoms with Crippen molar-refractivity contribution in [3.8, 4) is 6.07 Å². The molecule has 3 heteroatoms. The van der Waals surface area contributed by atoms with Crippen LogP contribution in [0.5, 0.6) is 0 Å². The molecule has 1 aliphatic rings. The first kappa shape index (κ1) is 10.0. The van der Waals surface area contributed by atoms with Gasteiger partial charge in [0.2, 0.25) is 5.91 Å². The minimum Gasteiger partial charge on any atom is -0.339 e. The van der Waals surface area contributed by atoms with Crippen LogP contribution in [-0.2, 0) is 4.79 Å². The second-order valence-corrected chi connectivity index (χ2v) is 3.45. The van der Waals surface area contributed by atoms with Gasteiger partial charge in [0.15, 0.2) is 0 Å². The van der Waals surface area contributed by atoms with Crippen molar-refractivity contribution >= 4 is 5.91 Å². The fourth-order valence-corrected chi connectivity index (χ4v) is 2.02. The van der Waals surface area contributed by atoms with Gasteiger partial charge in [-0.1, -0.05) is 12.8 Å². The maximum absolute atomic E-state index is 11.5. The molecule has 0 atom stereocenters. The van der Waals surface area contributed by atoms with E-state index >= 15 is 0 Å². The van der Waals surface area contributed by atoms with Crippen LogP contribution >= 0.6 is 0 Å². The van der Waals surface area contributed by atoms with E-state index in [9.17, 15) is 4.79 Å². The molecule has 72 valence electrons. The molecule has 3 nitrogen and oxygen atoms in total. The van der Waals surface area contributed by atoms with Crippen LogP contribution in [0.3, 0.4) is 0 Å². The zero-order chi connectivity index (χ0) is 9.68. The van der Waals surface area contributed by atoms with Crippen LogP contribution in [0, 0.1) is 11.3 Å². The summed E-state index contributed by atoms with van der Waals surface area (Å²) in [5.41, 5.74) is 0. The molecule has 0 aromatic carbocycles. The molecule has 0 bridgehead atoms. The van der Waals surface area contributed by atoms with E-state index < -0.39 is 0 Å². The number of carbonyl (C=O) groups excluding carboxylic acids is 1. The Morgan fingerprint density at radius 1 is 1.54 bits per heavy atom. The molecule has 0 saturated heterocycles. The van der Waals surface area contributed by atoms with Gasteiger partial charge in [0, 0.05) is 12.6 Å². The minimum absolute atomic E-state index is 0.00287. The number of rotatable bonds is 3. The van der Waals surface area contributed by atoms with Gasteiger partial charge in [-0.3, -0.25) is 4.79 Å². The molecule has 1 amide bonds. The van der Waals surface area contributed by atoms with Crippen LogP contribution in [0.25, 0.3) is 0 Å². The Morgan fingerprint density at radius 3 is 2.62 bits per heavy atom. The monoisotopic (exact) mass is 180 g/mol. The van der Waals surface area contributed by atoms with Crippen molar-refractivity contribution < 1.29 is 4.79 Å². The zero-order valence-electron chi connectivity index (χ0n) is 8.12. The summed E-state index contributed by atoms with van der Waals surface area (Å²) in [7, 11) is 0. The van der Waals surface area contributed by atoms with Crippen molar-refractivity contribution in [2.24, 2.45) is 0 Å². The fraction of sp³-hybridized carbons (Fsp3) is 0.800. The fourth-order valence-electron chi connectivity index (χ4n) is 2.02. The summed E-state index contributed by atoms with van der Waals surface area (Å²) in [5, 5.41) is 8.43. The van der Waals surface area contributed by atoms with E-state index in [4.69, 9.17) is 5.26 Å². The first-order valence-corrected chi connectivity index (χ1v) is 4.96. The number of carbonyl (C=O) groups is 1. The van der Waals surface area contributed by atoms with E-state index in [1.54, 1.807) is 0 Å². The molecule has 0 aliphatic heterocycles. The highest BCUT2D eigenvalue weighted by Gasteiger charge is 2.24. The van der Waals surface area contributed by atoms with Crippen LogP contribution in [-0.4, -0.2) is 23.4 Å². The van der Waals surface area contributed by atoms with E-state index in [1.165, 1.54) is 12.8 Å². The minimum atomic E-state index is -0.00287. The van der Waals surface area contributed by atoms with Crippen LogP contribution in [0.2, 0.25) is 0 Å². The summed E-state index contributed by atoms with van der Waals surface area (Å²) in [6, 6.07) is 2.32. The average Bonchev–Trinajstić information content (AvgIpc) is 2.59. The first-order valence-electron chi connectivity index (χ1n) is 4.96. The first-order chi connectivity index (χ1) is 6.29. The van der Waals surface area contributed by atoms with E-state index in [0.29, 0.717) is 6.04 Å². The van der Waals surface area contributed by atoms with Crippen molar-refractivity contribution in [3.05, 3.63) is 0 Å². The second kappa shape index (κ2) is 4.86. The van der Waals surface area contributed by atoms with Crippen LogP contribution in [0.4, 0.5) is 0 Å². The third-order valence-corrected chi connectivity index (χ3v) is 2.66. The molecule has 0 spiro atoms. The zero-order valence-corrected chi connectivity index (χ0v) is 8.12. The molecule has 0 unspecified atom stereocenters. The lowest BCUT2D eigenvalue weighted by Crippen LogP contribution is -2.38. The molecule has 0 heterocycles. The third-order valence-electron chi connectivity index (χ3n) is 2.66. The second-order valence-electron chi connectivity index (χ2n) is 3.45. The highest BCUT2D eigenvalue weighted by atomic mass is 16.2. The summed E-state index contributed by atoms with van der Waals surface area (Å²) in [6.45, 7) is 2.72. The Labute approximate surface area is 79.3 Å². The van der Waals surface area contributed by atoms with Crippen molar-refractivity contribution in [2.45, 2.75) is 45.1 Å². The summed E-state index contributed by atoms with van der Waals surface area (Å²) >= 11 is 0. The van der Waals surface area contributed by atoms with E-state index in [1.807, 2.05) is 17.9 Å². The van der Waals surface area contributed by atoms with Gasteiger partial charge in [0.1, 0.15) is 6.42 Å². The van der Waals surface area contributed by atoms with Crippen molar-refractivity contribution in [1.29, 1.82) is 5.26 Å². The number of amides is 1. The largest absolute Gasteiger partial charge is 0.339 e. The summed E-state index contributed by atoms with van der Waals surface area (Å²) in [4.78, 5) is 13.3. The lowest BCUT2D eigenvalue weighted by Gasteiger charge is -2.26. The van der Waals surface area contributed by atoms with Gasteiger partial charge in [-0.2, -0.15) is 5.26 Å². The number of nitriles is 1. The van der Waals surface area contributed by atoms with Gasteiger partial charge in [-0.15, -0.1) is 0 Å². The molecule has 1 rings (SSSR count).